The highest BCUT2D eigenvalue weighted by Crippen LogP contribution is 2.23. The van der Waals surface area contributed by atoms with E-state index >= 15 is 0 Å². The summed E-state index contributed by atoms with van der Waals surface area (Å²) in [7, 11) is 0. The Morgan fingerprint density at radius 3 is 2.46 bits per heavy atom. The number of hydrogen-bond donors (Lipinski definition) is 1. The fraction of sp³-hybridized carbons (Fsp3) is 0.261. The molecule has 0 aliphatic rings. The lowest BCUT2D eigenvalue weighted by molar-refractivity contribution is 0.0992. The normalized spacial score (nSPS) is 10.5. The topological polar surface area (TPSA) is 54.7 Å². The van der Waals surface area contributed by atoms with Crippen molar-refractivity contribution in [1.82, 2.24) is 0 Å². The van der Waals surface area contributed by atoms with Gasteiger partial charge in [-0.3, -0.25) is 4.79 Å². The number of para-hydroxylation sites is 1. The second-order valence-electron chi connectivity index (χ2n) is 6.49. The van der Waals surface area contributed by atoms with Crippen LogP contribution in [0, 0.1) is 6.92 Å². The number of carbonyl (C=O) groups is 1. The highest BCUT2D eigenvalue weighted by Gasteiger charge is 2.14. The second-order valence-corrected chi connectivity index (χ2v) is 6.49. The van der Waals surface area contributed by atoms with Gasteiger partial charge in [0.15, 0.2) is 5.76 Å². The van der Waals surface area contributed by atoms with Gasteiger partial charge in [-0.1, -0.05) is 18.2 Å². The molecule has 0 aliphatic heterocycles. The third kappa shape index (κ3) is 4.74. The standard InChI is InChI=1S/C23H26N2O3/c1-4-25(5-2)18-11-13-21(17(3)15-18)24-23(26)22-14-12-20(28-22)16-27-19-9-7-6-8-10-19/h6-15H,4-5,16H2,1-3H3,(H,24,26). The monoisotopic (exact) mass is 378 g/mol. The number of amides is 1. The molecule has 0 atom stereocenters. The molecule has 1 heterocycles. The molecule has 0 unspecified atom stereocenters. The van der Waals surface area contributed by atoms with Crippen molar-refractivity contribution in [2.75, 3.05) is 23.3 Å². The van der Waals surface area contributed by atoms with Gasteiger partial charge in [0, 0.05) is 24.5 Å². The maximum Gasteiger partial charge on any atom is 0.291 e. The lowest BCUT2D eigenvalue weighted by Gasteiger charge is -2.22. The van der Waals surface area contributed by atoms with Crippen molar-refractivity contribution in [3.8, 4) is 5.75 Å². The summed E-state index contributed by atoms with van der Waals surface area (Å²) in [6.07, 6.45) is 0. The van der Waals surface area contributed by atoms with E-state index in [1.54, 1.807) is 12.1 Å². The fourth-order valence-electron chi connectivity index (χ4n) is 3.01. The predicted octanol–water partition coefficient (Wildman–Crippen LogP) is 5.27. The van der Waals surface area contributed by atoms with Gasteiger partial charge in [-0.25, -0.2) is 0 Å². The first-order chi connectivity index (χ1) is 13.6. The molecule has 0 saturated heterocycles. The van der Waals surface area contributed by atoms with E-state index < -0.39 is 0 Å². The molecular formula is C23H26N2O3. The molecule has 0 fully saturated rings. The van der Waals surface area contributed by atoms with E-state index in [1.807, 2.05) is 49.4 Å². The van der Waals surface area contributed by atoms with E-state index in [0.29, 0.717) is 5.76 Å². The highest BCUT2D eigenvalue weighted by molar-refractivity contribution is 6.02. The van der Waals surface area contributed by atoms with Crippen LogP contribution in [0.1, 0.15) is 35.7 Å². The molecule has 2 aromatic carbocycles. The minimum absolute atomic E-state index is 0.263. The van der Waals surface area contributed by atoms with Gasteiger partial charge in [-0.05, 0) is 68.8 Å². The average Bonchev–Trinajstić information content (AvgIpc) is 3.19. The Balaban J connectivity index is 1.63. The zero-order valence-corrected chi connectivity index (χ0v) is 16.6. The molecule has 0 bridgehead atoms. The van der Waals surface area contributed by atoms with Gasteiger partial charge in [0.25, 0.3) is 5.91 Å². The van der Waals surface area contributed by atoms with Gasteiger partial charge in [-0.2, -0.15) is 0 Å². The van der Waals surface area contributed by atoms with Crippen LogP contribution in [0.15, 0.2) is 65.1 Å². The van der Waals surface area contributed by atoms with Crippen LogP contribution in [0.3, 0.4) is 0 Å². The molecule has 1 amide bonds. The van der Waals surface area contributed by atoms with E-state index in [1.165, 1.54) is 0 Å². The Kier molecular flexibility index (Phi) is 6.37. The van der Waals surface area contributed by atoms with Crippen LogP contribution in [0.25, 0.3) is 0 Å². The minimum atomic E-state index is -0.273. The van der Waals surface area contributed by atoms with Crippen molar-refractivity contribution in [2.24, 2.45) is 0 Å². The SMILES string of the molecule is CCN(CC)c1ccc(NC(=O)c2ccc(COc3ccccc3)o2)c(C)c1. The third-order valence-electron chi connectivity index (χ3n) is 4.60. The first kappa shape index (κ1) is 19.5. The van der Waals surface area contributed by atoms with Crippen LogP contribution in [-0.2, 0) is 6.61 Å². The summed E-state index contributed by atoms with van der Waals surface area (Å²) >= 11 is 0. The number of benzene rings is 2. The van der Waals surface area contributed by atoms with E-state index in [-0.39, 0.29) is 18.3 Å². The zero-order chi connectivity index (χ0) is 19.9. The van der Waals surface area contributed by atoms with E-state index in [0.717, 1.165) is 35.8 Å². The minimum Gasteiger partial charge on any atom is -0.486 e. The van der Waals surface area contributed by atoms with Crippen molar-refractivity contribution in [3.63, 3.8) is 0 Å². The Morgan fingerprint density at radius 2 is 1.79 bits per heavy atom. The van der Waals surface area contributed by atoms with Crippen LogP contribution in [0.4, 0.5) is 11.4 Å². The maximum atomic E-state index is 12.5. The number of rotatable bonds is 8. The number of nitrogens with one attached hydrogen (secondary N) is 1. The van der Waals surface area contributed by atoms with Crippen LogP contribution in [0.5, 0.6) is 5.75 Å². The summed E-state index contributed by atoms with van der Waals surface area (Å²) in [6, 6.07) is 19.0. The first-order valence-electron chi connectivity index (χ1n) is 9.54. The van der Waals surface area contributed by atoms with E-state index in [4.69, 9.17) is 9.15 Å². The number of nitrogens with zero attached hydrogens (tertiary/aromatic N) is 1. The number of ether oxygens (including phenoxy) is 1. The lowest BCUT2D eigenvalue weighted by atomic mass is 10.1. The van der Waals surface area contributed by atoms with Crippen LogP contribution < -0.4 is 15.0 Å². The molecule has 3 rings (SSSR count). The van der Waals surface area contributed by atoms with Crippen molar-refractivity contribution in [3.05, 3.63) is 77.7 Å². The molecule has 0 saturated carbocycles. The van der Waals surface area contributed by atoms with Crippen molar-refractivity contribution in [1.29, 1.82) is 0 Å². The van der Waals surface area contributed by atoms with Crippen molar-refractivity contribution < 1.29 is 13.9 Å². The number of furan rings is 1. The smallest absolute Gasteiger partial charge is 0.291 e. The maximum absolute atomic E-state index is 12.5. The quantitative estimate of drug-likeness (QED) is 0.580. The van der Waals surface area contributed by atoms with Crippen molar-refractivity contribution in [2.45, 2.75) is 27.4 Å². The highest BCUT2D eigenvalue weighted by atomic mass is 16.5. The Bertz CT molecular complexity index is 915. The number of aryl methyl sites for hydroxylation is 1. The largest absolute Gasteiger partial charge is 0.486 e. The Morgan fingerprint density at radius 1 is 1.04 bits per heavy atom. The van der Waals surface area contributed by atoms with Gasteiger partial charge in [0.1, 0.15) is 18.1 Å². The molecule has 0 radical (unpaired) electrons. The van der Waals surface area contributed by atoms with Gasteiger partial charge >= 0.3 is 0 Å². The van der Waals surface area contributed by atoms with Crippen LogP contribution >= 0.6 is 0 Å². The molecule has 0 spiro atoms. The number of hydrogen-bond acceptors (Lipinski definition) is 4. The molecule has 1 aromatic heterocycles. The summed E-state index contributed by atoms with van der Waals surface area (Å²) in [5, 5.41) is 2.92. The van der Waals surface area contributed by atoms with E-state index in [9.17, 15) is 4.79 Å². The lowest BCUT2D eigenvalue weighted by Crippen LogP contribution is -2.22. The summed E-state index contributed by atoms with van der Waals surface area (Å²) in [4.78, 5) is 14.8. The molecule has 3 aromatic rings. The van der Waals surface area contributed by atoms with Gasteiger partial charge in [0.2, 0.25) is 0 Å². The summed E-state index contributed by atoms with van der Waals surface area (Å²) in [6.45, 7) is 8.41. The fourth-order valence-corrected chi connectivity index (χ4v) is 3.01. The summed E-state index contributed by atoms with van der Waals surface area (Å²) in [5.74, 6) is 1.35. The predicted molar refractivity (Wildman–Crippen MR) is 112 cm³/mol. The van der Waals surface area contributed by atoms with Gasteiger partial charge < -0.3 is 19.4 Å². The molecule has 5 nitrogen and oxygen atoms in total. The van der Waals surface area contributed by atoms with Crippen molar-refractivity contribution >= 4 is 17.3 Å². The second kappa shape index (κ2) is 9.13. The molecule has 5 heteroatoms. The number of anilines is 2. The van der Waals surface area contributed by atoms with Gasteiger partial charge in [0.05, 0.1) is 0 Å². The molecule has 28 heavy (non-hydrogen) atoms. The molecule has 0 aliphatic carbocycles. The van der Waals surface area contributed by atoms with Crippen LogP contribution in [-0.4, -0.2) is 19.0 Å². The summed E-state index contributed by atoms with van der Waals surface area (Å²) in [5.41, 5.74) is 2.94. The third-order valence-corrected chi connectivity index (χ3v) is 4.60. The summed E-state index contributed by atoms with van der Waals surface area (Å²) < 4.78 is 11.3. The van der Waals surface area contributed by atoms with Gasteiger partial charge in [-0.15, -0.1) is 0 Å². The average molecular weight is 378 g/mol. The molecule has 1 N–H and O–H groups in total. The van der Waals surface area contributed by atoms with E-state index in [2.05, 4.69) is 30.1 Å². The Labute approximate surface area is 165 Å². The number of carbonyl (C=O) groups excluding carboxylic acids is 1. The molecule has 146 valence electrons. The van der Waals surface area contributed by atoms with Crippen LogP contribution in [0.2, 0.25) is 0 Å². The Hall–Kier alpha value is -3.21. The molecular weight excluding hydrogens is 352 g/mol. The zero-order valence-electron chi connectivity index (χ0n) is 16.6. The first-order valence-corrected chi connectivity index (χ1v) is 9.54.